The molecule has 0 radical (unpaired) electrons. The molecule has 86 valence electrons. The molecule has 0 spiro atoms. The molecule has 0 bridgehead atoms. The lowest BCUT2D eigenvalue weighted by molar-refractivity contribution is -0.143. The topological polar surface area (TPSA) is 63.0 Å². The predicted octanol–water partition coefficient (Wildman–Crippen LogP) is 2.47. The average molecular weight is 246 g/mol. The van der Waals surface area contributed by atoms with Gasteiger partial charge in [0.25, 0.3) is 0 Å². The van der Waals surface area contributed by atoms with Crippen LogP contribution >= 0.6 is 11.5 Å². The number of carbonyl (C=O) groups excluding carboxylic acids is 1. The van der Waals surface area contributed by atoms with E-state index in [0.29, 0.717) is 5.69 Å². The highest BCUT2D eigenvalue weighted by Gasteiger charge is 2.26. The van der Waals surface area contributed by atoms with Crippen molar-refractivity contribution in [2.45, 2.75) is 12.8 Å². The third-order valence-electron chi connectivity index (χ3n) is 2.33. The first-order valence-corrected chi connectivity index (χ1v) is 5.95. The largest absolute Gasteiger partial charge is 0.465 e. The minimum atomic E-state index is -0.939. The molecule has 0 fully saturated rings. The van der Waals surface area contributed by atoms with Gasteiger partial charge in [-0.05, 0) is 24.5 Å². The zero-order valence-electron chi connectivity index (χ0n) is 9.21. The standard InChI is InChI=1S/C12H10N2O2S/c1-2-16-12(15)9(7-13)11-8-5-3-4-6-10(8)17-14-11/h3-6,9H,2H2,1H3/t9-/m1/s1. The van der Waals surface area contributed by atoms with Crippen molar-refractivity contribution in [2.24, 2.45) is 0 Å². The van der Waals surface area contributed by atoms with E-state index in [0.717, 1.165) is 10.1 Å². The fourth-order valence-corrected chi connectivity index (χ4v) is 2.38. The molecule has 1 aromatic carbocycles. The SMILES string of the molecule is CCOC(=O)[C@H](C#N)c1nsc2ccccc12. The molecular weight excluding hydrogens is 236 g/mol. The van der Waals surface area contributed by atoms with Crippen molar-refractivity contribution in [3.63, 3.8) is 0 Å². The smallest absolute Gasteiger partial charge is 0.329 e. The summed E-state index contributed by atoms with van der Waals surface area (Å²) in [6, 6.07) is 9.48. The maximum Gasteiger partial charge on any atom is 0.329 e. The first kappa shape index (κ1) is 11.6. The van der Waals surface area contributed by atoms with Crippen molar-refractivity contribution >= 4 is 27.6 Å². The molecule has 4 nitrogen and oxygen atoms in total. The normalized spacial score (nSPS) is 12.0. The second kappa shape index (κ2) is 4.93. The van der Waals surface area contributed by atoms with Gasteiger partial charge in [0.05, 0.1) is 23.1 Å². The van der Waals surface area contributed by atoms with Gasteiger partial charge in [-0.3, -0.25) is 4.79 Å². The van der Waals surface area contributed by atoms with Crippen molar-refractivity contribution < 1.29 is 9.53 Å². The van der Waals surface area contributed by atoms with Crippen LogP contribution in [0.15, 0.2) is 24.3 Å². The van der Waals surface area contributed by atoms with Crippen LogP contribution in [0, 0.1) is 11.3 Å². The van der Waals surface area contributed by atoms with Crippen LogP contribution in [0.4, 0.5) is 0 Å². The number of nitrogens with zero attached hydrogens (tertiary/aromatic N) is 2. The third kappa shape index (κ3) is 2.12. The quantitative estimate of drug-likeness (QED) is 0.780. The van der Waals surface area contributed by atoms with E-state index in [-0.39, 0.29) is 6.61 Å². The first-order valence-electron chi connectivity index (χ1n) is 5.18. The molecule has 2 rings (SSSR count). The molecule has 0 saturated heterocycles. The Morgan fingerprint density at radius 3 is 3.06 bits per heavy atom. The molecular formula is C12H10N2O2S. The molecule has 17 heavy (non-hydrogen) atoms. The Morgan fingerprint density at radius 2 is 2.35 bits per heavy atom. The summed E-state index contributed by atoms with van der Waals surface area (Å²) < 4.78 is 10.0. The number of carbonyl (C=O) groups is 1. The van der Waals surface area contributed by atoms with Gasteiger partial charge in [-0.25, -0.2) is 0 Å². The van der Waals surface area contributed by atoms with E-state index in [1.807, 2.05) is 30.3 Å². The number of aromatic nitrogens is 1. The molecule has 0 aliphatic rings. The summed E-state index contributed by atoms with van der Waals surface area (Å²) in [4.78, 5) is 11.6. The molecule has 2 aromatic rings. The predicted molar refractivity (Wildman–Crippen MR) is 64.6 cm³/mol. The van der Waals surface area contributed by atoms with E-state index in [9.17, 15) is 4.79 Å². The molecule has 1 atom stereocenters. The number of fused-ring (bicyclic) bond motifs is 1. The summed E-state index contributed by atoms with van der Waals surface area (Å²) in [7, 11) is 0. The second-order valence-corrected chi connectivity index (χ2v) is 4.18. The molecule has 0 amide bonds. The van der Waals surface area contributed by atoms with Crippen LogP contribution in [0.1, 0.15) is 18.5 Å². The Bertz CT molecular complexity index is 585. The summed E-state index contributed by atoms with van der Waals surface area (Å²) in [5.74, 6) is -1.47. The van der Waals surface area contributed by atoms with E-state index in [2.05, 4.69) is 4.37 Å². The molecule has 1 heterocycles. The van der Waals surface area contributed by atoms with Crippen molar-refractivity contribution in [1.82, 2.24) is 4.37 Å². The van der Waals surface area contributed by atoms with Gasteiger partial charge in [-0.15, -0.1) is 0 Å². The third-order valence-corrected chi connectivity index (χ3v) is 3.17. The van der Waals surface area contributed by atoms with Crippen LogP contribution < -0.4 is 0 Å². The molecule has 0 aliphatic carbocycles. The highest BCUT2D eigenvalue weighted by molar-refractivity contribution is 7.13. The summed E-state index contributed by atoms with van der Waals surface area (Å²) in [6.07, 6.45) is 0. The molecule has 0 N–H and O–H groups in total. The van der Waals surface area contributed by atoms with E-state index in [1.165, 1.54) is 11.5 Å². The number of hydrogen-bond acceptors (Lipinski definition) is 5. The minimum absolute atomic E-state index is 0.263. The van der Waals surface area contributed by atoms with Gasteiger partial charge in [-0.2, -0.15) is 9.64 Å². The van der Waals surface area contributed by atoms with Crippen molar-refractivity contribution in [2.75, 3.05) is 6.61 Å². The number of esters is 1. The number of hydrogen-bond donors (Lipinski definition) is 0. The fraction of sp³-hybridized carbons (Fsp3) is 0.250. The Hall–Kier alpha value is -1.93. The summed E-state index contributed by atoms with van der Waals surface area (Å²) in [6.45, 7) is 1.98. The van der Waals surface area contributed by atoms with Gasteiger partial charge < -0.3 is 4.74 Å². The zero-order valence-corrected chi connectivity index (χ0v) is 10.0. The number of benzene rings is 1. The molecule has 1 aromatic heterocycles. The lowest BCUT2D eigenvalue weighted by Crippen LogP contribution is -2.14. The maximum atomic E-state index is 11.6. The lowest BCUT2D eigenvalue weighted by atomic mass is 10.0. The second-order valence-electron chi connectivity index (χ2n) is 3.38. The van der Waals surface area contributed by atoms with Crippen LogP contribution in [0.5, 0.6) is 0 Å². The molecule has 5 heteroatoms. The Kier molecular flexibility index (Phi) is 3.35. The summed E-state index contributed by atoms with van der Waals surface area (Å²) in [5, 5.41) is 9.91. The van der Waals surface area contributed by atoms with Gasteiger partial charge in [0.15, 0.2) is 5.92 Å². The number of ether oxygens (including phenoxy) is 1. The highest BCUT2D eigenvalue weighted by Crippen LogP contribution is 2.28. The van der Waals surface area contributed by atoms with Crippen LogP contribution in [0.3, 0.4) is 0 Å². The highest BCUT2D eigenvalue weighted by atomic mass is 32.1. The molecule has 0 unspecified atom stereocenters. The van der Waals surface area contributed by atoms with E-state index in [1.54, 1.807) is 6.92 Å². The number of rotatable bonds is 3. The molecule has 0 saturated carbocycles. The monoisotopic (exact) mass is 246 g/mol. The Balaban J connectivity index is 2.44. The summed E-state index contributed by atoms with van der Waals surface area (Å²) >= 11 is 1.28. The maximum absolute atomic E-state index is 11.6. The van der Waals surface area contributed by atoms with E-state index < -0.39 is 11.9 Å². The van der Waals surface area contributed by atoms with Gasteiger partial charge in [0.2, 0.25) is 0 Å². The molecule has 0 aliphatic heterocycles. The van der Waals surface area contributed by atoms with E-state index >= 15 is 0 Å². The van der Waals surface area contributed by atoms with Crippen LogP contribution in [-0.4, -0.2) is 16.9 Å². The summed E-state index contributed by atoms with van der Waals surface area (Å²) in [5.41, 5.74) is 0.492. The van der Waals surface area contributed by atoms with Crippen LogP contribution in [-0.2, 0) is 9.53 Å². The van der Waals surface area contributed by atoms with Gasteiger partial charge in [-0.1, -0.05) is 18.2 Å². The zero-order chi connectivity index (χ0) is 12.3. The first-order chi connectivity index (χ1) is 8.27. The van der Waals surface area contributed by atoms with Crippen molar-refractivity contribution in [1.29, 1.82) is 5.26 Å². The van der Waals surface area contributed by atoms with Gasteiger partial charge in [0, 0.05) is 5.39 Å². The van der Waals surface area contributed by atoms with Crippen molar-refractivity contribution in [3.8, 4) is 6.07 Å². The van der Waals surface area contributed by atoms with E-state index in [4.69, 9.17) is 10.00 Å². The fourth-order valence-electron chi connectivity index (χ4n) is 1.56. The number of nitriles is 1. The van der Waals surface area contributed by atoms with Crippen LogP contribution in [0.2, 0.25) is 0 Å². The van der Waals surface area contributed by atoms with Gasteiger partial charge >= 0.3 is 5.97 Å². The minimum Gasteiger partial charge on any atom is -0.465 e. The Labute approximate surface area is 103 Å². The lowest BCUT2D eigenvalue weighted by Gasteiger charge is -2.05. The van der Waals surface area contributed by atoms with Gasteiger partial charge in [0.1, 0.15) is 0 Å². The van der Waals surface area contributed by atoms with Crippen molar-refractivity contribution in [3.05, 3.63) is 30.0 Å². The average Bonchev–Trinajstić information content (AvgIpc) is 2.75. The Morgan fingerprint density at radius 1 is 1.59 bits per heavy atom. The van der Waals surface area contributed by atoms with Crippen LogP contribution in [0.25, 0.3) is 10.1 Å².